The van der Waals surface area contributed by atoms with Gasteiger partial charge in [-0.2, -0.15) is 0 Å². The first kappa shape index (κ1) is 20.0. The van der Waals surface area contributed by atoms with Crippen LogP contribution in [0.25, 0.3) is 0 Å². The lowest BCUT2D eigenvalue weighted by atomic mass is 9.53. The van der Waals surface area contributed by atoms with E-state index in [1.807, 2.05) is 0 Å². The van der Waals surface area contributed by atoms with E-state index in [1.54, 1.807) is 0 Å². The summed E-state index contributed by atoms with van der Waals surface area (Å²) in [5, 5.41) is 49.8. The van der Waals surface area contributed by atoms with Gasteiger partial charge in [0.25, 0.3) is 5.69 Å². The molecule has 0 amide bonds. The van der Waals surface area contributed by atoms with Crippen molar-refractivity contribution in [3.05, 3.63) is 73.8 Å². The number of aliphatic carboxylic acids is 2. The van der Waals surface area contributed by atoms with Crippen LogP contribution in [0.15, 0.2) is 30.3 Å². The van der Waals surface area contributed by atoms with Crippen molar-refractivity contribution >= 4 is 29.6 Å². The fourth-order valence-electron chi connectivity index (χ4n) is 4.87. The Morgan fingerprint density at radius 2 is 1.13 bits per heavy atom. The van der Waals surface area contributed by atoms with Crippen LogP contribution in [-0.4, -0.2) is 49.2 Å². The van der Waals surface area contributed by atoms with E-state index in [0.29, 0.717) is 5.56 Å². The van der Waals surface area contributed by atoms with Gasteiger partial charge in [0.15, 0.2) is 0 Å². The molecule has 3 aliphatic carbocycles. The minimum atomic E-state index is -1.55. The van der Waals surface area contributed by atoms with Crippen LogP contribution in [0.4, 0.5) is 5.69 Å². The molecule has 0 heterocycles. The minimum Gasteiger partial charge on any atom is -0.481 e. The average Bonchev–Trinajstić information content (AvgIpc) is 2.71. The van der Waals surface area contributed by atoms with Crippen molar-refractivity contribution in [3.63, 3.8) is 0 Å². The highest BCUT2D eigenvalue weighted by Crippen LogP contribution is 2.59. The number of hydrogen-bond donors (Lipinski definition) is 4. The number of non-ortho nitro benzene ring substituents is 1. The van der Waals surface area contributed by atoms with Gasteiger partial charge < -0.3 is 20.4 Å². The summed E-state index contributed by atoms with van der Waals surface area (Å²) >= 11 is 0. The van der Waals surface area contributed by atoms with Crippen molar-refractivity contribution in [2.45, 2.75) is 11.8 Å². The molecular formula is C20H13NO10. The Hall–Kier alpha value is -4.28. The molecule has 4 N–H and O–H groups in total. The molecule has 0 saturated carbocycles. The molecule has 0 unspecified atom stereocenters. The lowest BCUT2D eigenvalue weighted by Gasteiger charge is -2.47. The Morgan fingerprint density at radius 1 is 0.710 bits per heavy atom. The Labute approximate surface area is 172 Å². The highest BCUT2D eigenvalue weighted by atomic mass is 16.6. The lowest BCUT2D eigenvalue weighted by Crippen LogP contribution is -2.47. The van der Waals surface area contributed by atoms with Gasteiger partial charge in [0.05, 0.1) is 27.9 Å². The zero-order valence-corrected chi connectivity index (χ0v) is 15.4. The van der Waals surface area contributed by atoms with Gasteiger partial charge in [-0.3, -0.25) is 19.7 Å². The van der Waals surface area contributed by atoms with Crippen molar-refractivity contribution in [1.29, 1.82) is 0 Å². The van der Waals surface area contributed by atoms with E-state index >= 15 is 0 Å². The Bertz CT molecular complexity index is 1220. The fraction of sp³-hybridized carbons (Fsp3) is 0.200. The summed E-state index contributed by atoms with van der Waals surface area (Å²) in [5.74, 6) is -11.3. The summed E-state index contributed by atoms with van der Waals surface area (Å²) in [6.07, 6.45) is 0. The van der Waals surface area contributed by atoms with Crippen LogP contribution in [0.3, 0.4) is 0 Å². The standard InChI is InChI=1S/C20H13NO10/c22-17(23)11-4-9-10(5-12(11)18(24)25)14-8-3-6(21(30)31)1-2-7(8)13(9)15(19(26)27)16(14)20(28)29/h1-5,13-16H,(H,22,23)(H,24,25)(H,26,27)(H,28,29)/t13-,14-,15+,16+/m1/s1. The van der Waals surface area contributed by atoms with E-state index < -0.39 is 63.6 Å². The second-order valence-corrected chi connectivity index (χ2v) is 7.39. The second-order valence-electron chi connectivity index (χ2n) is 7.39. The SMILES string of the molecule is O=C(O)c1cc2c(cc1C(=O)O)[C@H]1c3cc([N+](=O)[O-])ccc3[C@H]2[C@H](C(=O)O)[C@H]1C(=O)O. The minimum absolute atomic E-state index is 0.144. The van der Waals surface area contributed by atoms with Gasteiger partial charge in [-0.05, 0) is 34.4 Å². The van der Waals surface area contributed by atoms with Crippen molar-refractivity contribution in [2.75, 3.05) is 0 Å². The Balaban J connectivity index is 2.10. The normalized spacial score (nSPS) is 22.8. The zero-order chi connectivity index (χ0) is 22.8. The van der Waals surface area contributed by atoms with Crippen LogP contribution in [0, 0.1) is 22.0 Å². The van der Waals surface area contributed by atoms with Gasteiger partial charge in [-0.1, -0.05) is 6.07 Å². The monoisotopic (exact) mass is 427 g/mol. The van der Waals surface area contributed by atoms with Crippen LogP contribution in [-0.2, 0) is 9.59 Å². The molecule has 0 fully saturated rings. The van der Waals surface area contributed by atoms with Gasteiger partial charge in [0.1, 0.15) is 0 Å². The van der Waals surface area contributed by atoms with Gasteiger partial charge >= 0.3 is 23.9 Å². The van der Waals surface area contributed by atoms with Crippen LogP contribution >= 0.6 is 0 Å². The summed E-state index contributed by atoms with van der Waals surface area (Å²) in [7, 11) is 0. The van der Waals surface area contributed by atoms with Gasteiger partial charge in [-0.25, -0.2) is 9.59 Å². The topological polar surface area (TPSA) is 192 Å². The molecule has 0 saturated heterocycles. The molecule has 5 rings (SSSR count). The molecule has 2 aromatic carbocycles. The third-order valence-corrected chi connectivity index (χ3v) is 5.98. The lowest BCUT2D eigenvalue weighted by molar-refractivity contribution is -0.385. The number of fused-ring (bicyclic) bond motifs is 1. The Morgan fingerprint density at radius 3 is 1.52 bits per heavy atom. The van der Waals surface area contributed by atoms with Crippen molar-refractivity contribution in [2.24, 2.45) is 11.8 Å². The maximum Gasteiger partial charge on any atom is 0.336 e. The van der Waals surface area contributed by atoms with Crippen molar-refractivity contribution < 1.29 is 44.5 Å². The molecule has 0 radical (unpaired) electrons. The highest BCUT2D eigenvalue weighted by Gasteiger charge is 2.56. The van der Waals surface area contributed by atoms with Crippen LogP contribution in [0.5, 0.6) is 0 Å². The first-order valence-corrected chi connectivity index (χ1v) is 8.92. The fourth-order valence-corrected chi connectivity index (χ4v) is 4.87. The first-order chi connectivity index (χ1) is 14.5. The van der Waals surface area contributed by atoms with Gasteiger partial charge in [0, 0.05) is 24.0 Å². The summed E-state index contributed by atoms with van der Waals surface area (Å²) in [5.41, 5.74) is -0.572. The number of nitro groups is 1. The summed E-state index contributed by atoms with van der Waals surface area (Å²) in [4.78, 5) is 58.0. The number of rotatable bonds is 5. The van der Waals surface area contributed by atoms with E-state index in [-0.39, 0.29) is 22.4 Å². The molecular weight excluding hydrogens is 414 g/mol. The number of nitrogens with zero attached hydrogens (tertiary/aromatic N) is 1. The molecule has 4 atom stereocenters. The highest BCUT2D eigenvalue weighted by molar-refractivity contribution is 6.02. The zero-order valence-electron chi connectivity index (χ0n) is 15.4. The quantitative estimate of drug-likeness (QED) is 0.405. The molecule has 2 bridgehead atoms. The van der Waals surface area contributed by atoms with Crippen LogP contribution in [0.1, 0.15) is 54.8 Å². The molecule has 31 heavy (non-hydrogen) atoms. The molecule has 3 aliphatic rings. The number of aromatic carboxylic acids is 2. The molecule has 11 heteroatoms. The predicted octanol–water partition coefficient (Wildman–Crippen LogP) is 1.98. The van der Waals surface area contributed by atoms with Crippen LogP contribution < -0.4 is 0 Å². The van der Waals surface area contributed by atoms with Gasteiger partial charge in [-0.15, -0.1) is 0 Å². The van der Waals surface area contributed by atoms with E-state index in [9.17, 15) is 49.7 Å². The maximum absolute atomic E-state index is 12.1. The molecule has 2 aromatic rings. The summed E-state index contributed by atoms with van der Waals surface area (Å²) in [6, 6.07) is 5.77. The maximum atomic E-state index is 12.1. The van der Waals surface area contributed by atoms with Gasteiger partial charge in [0.2, 0.25) is 0 Å². The molecule has 0 aromatic heterocycles. The summed E-state index contributed by atoms with van der Waals surface area (Å²) in [6.45, 7) is 0. The number of carbonyl (C=O) groups is 4. The van der Waals surface area contributed by atoms with E-state index in [2.05, 4.69) is 0 Å². The third-order valence-electron chi connectivity index (χ3n) is 5.98. The Kier molecular flexibility index (Phi) is 4.27. The predicted molar refractivity (Wildman–Crippen MR) is 99.4 cm³/mol. The van der Waals surface area contributed by atoms with Crippen molar-refractivity contribution in [3.8, 4) is 0 Å². The third kappa shape index (κ3) is 2.74. The molecule has 11 nitrogen and oxygen atoms in total. The van der Waals surface area contributed by atoms with E-state index in [4.69, 9.17) is 0 Å². The largest absolute Gasteiger partial charge is 0.481 e. The number of benzene rings is 2. The number of carboxylic acids is 4. The first-order valence-electron chi connectivity index (χ1n) is 8.92. The van der Waals surface area contributed by atoms with Crippen molar-refractivity contribution in [1.82, 2.24) is 0 Å². The number of nitro benzene ring substituents is 1. The van der Waals surface area contributed by atoms with Crippen LogP contribution in [0.2, 0.25) is 0 Å². The number of hydrogen-bond acceptors (Lipinski definition) is 6. The molecule has 0 aliphatic heterocycles. The molecule has 158 valence electrons. The number of carboxylic acid groups (broad SMARTS) is 4. The smallest absolute Gasteiger partial charge is 0.336 e. The second kappa shape index (κ2) is 6.62. The summed E-state index contributed by atoms with van der Waals surface area (Å²) < 4.78 is 0. The molecule has 0 spiro atoms. The van der Waals surface area contributed by atoms with E-state index in [0.717, 1.165) is 24.3 Å². The average molecular weight is 427 g/mol. The van der Waals surface area contributed by atoms with E-state index in [1.165, 1.54) is 6.07 Å².